The molecule has 3 heterocycles. The fourth-order valence-corrected chi connectivity index (χ4v) is 5.81. The Hall–Kier alpha value is -1.93. The molecule has 2 aliphatic rings. The Morgan fingerprint density at radius 3 is 2.55 bits per heavy atom. The van der Waals surface area contributed by atoms with Crippen molar-refractivity contribution in [2.45, 2.75) is 56.9 Å². The van der Waals surface area contributed by atoms with Crippen LogP contribution >= 0.6 is 0 Å². The van der Waals surface area contributed by atoms with Crippen LogP contribution in [0.1, 0.15) is 45.4 Å². The van der Waals surface area contributed by atoms with Crippen LogP contribution in [0.2, 0.25) is 0 Å². The van der Waals surface area contributed by atoms with Gasteiger partial charge in [-0.1, -0.05) is 13.3 Å². The van der Waals surface area contributed by atoms with Gasteiger partial charge in [-0.05, 0) is 49.8 Å². The molecule has 1 aromatic heterocycles. The summed E-state index contributed by atoms with van der Waals surface area (Å²) < 4.78 is 29.3. The molecule has 2 aromatic rings. The number of sulfonamides is 1. The zero-order valence-electron chi connectivity index (χ0n) is 17.1. The first-order valence-corrected chi connectivity index (χ1v) is 12.1. The predicted molar refractivity (Wildman–Crippen MR) is 112 cm³/mol. The van der Waals surface area contributed by atoms with E-state index >= 15 is 0 Å². The number of carbonyl (C=O) groups is 1. The van der Waals surface area contributed by atoms with E-state index in [-0.39, 0.29) is 5.91 Å². The number of carbonyl (C=O) groups excluding carboxylic acids is 1. The maximum Gasteiger partial charge on any atom is 0.243 e. The second kappa shape index (κ2) is 8.44. The summed E-state index contributed by atoms with van der Waals surface area (Å²) in [5, 5.41) is 0. The van der Waals surface area contributed by atoms with Crippen molar-refractivity contribution in [3.8, 4) is 0 Å². The summed E-state index contributed by atoms with van der Waals surface area (Å²) in [7, 11) is -3.47. The Labute approximate surface area is 172 Å². The minimum absolute atomic E-state index is 0.183. The summed E-state index contributed by atoms with van der Waals surface area (Å²) in [5.74, 6) is 0.884. The summed E-state index contributed by atoms with van der Waals surface area (Å²) in [6, 6.07) is 5.13. The van der Waals surface area contributed by atoms with Crippen molar-refractivity contribution in [2.75, 3.05) is 26.2 Å². The number of rotatable bonds is 5. The van der Waals surface area contributed by atoms with E-state index in [1.54, 1.807) is 22.8 Å². The molecule has 2 saturated heterocycles. The molecular weight excluding hydrogens is 388 g/mol. The molecule has 2 aliphatic heterocycles. The highest BCUT2D eigenvalue weighted by Gasteiger charge is 2.26. The average Bonchev–Trinajstić information content (AvgIpc) is 3.15. The standard InChI is InChI=1S/C21H30N4O3S/c1-17-7-12-23(13-8-17)21(26)9-14-24-16-22-19-15-18(5-6-20(19)24)29(27,28)25-10-3-2-4-11-25/h5-6,15-17H,2-4,7-14H2,1H3. The van der Waals surface area contributed by atoms with Gasteiger partial charge in [0.25, 0.3) is 0 Å². The maximum atomic E-state index is 12.9. The van der Waals surface area contributed by atoms with Crippen molar-refractivity contribution >= 4 is 27.0 Å². The van der Waals surface area contributed by atoms with Gasteiger partial charge in [0, 0.05) is 39.1 Å². The van der Waals surface area contributed by atoms with Crippen molar-refractivity contribution in [2.24, 2.45) is 5.92 Å². The molecule has 2 fully saturated rings. The molecule has 0 atom stereocenters. The fourth-order valence-electron chi connectivity index (χ4n) is 4.27. The summed E-state index contributed by atoms with van der Waals surface area (Å²) in [6.07, 6.45) is 7.22. The SMILES string of the molecule is CC1CCN(C(=O)CCn2cnc3cc(S(=O)(=O)N4CCCCC4)ccc32)CC1. The van der Waals surface area contributed by atoms with Crippen LogP contribution in [0.4, 0.5) is 0 Å². The van der Waals surface area contributed by atoms with Gasteiger partial charge < -0.3 is 9.47 Å². The van der Waals surface area contributed by atoms with Gasteiger partial charge in [0.2, 0.25) is 15.9 Å². The number of nitrogens with zero attached hydrogens (tertiary/aromatic N) is 4. The number of aromatic nitrogens is 2. The molecule has 7 nitrogen and oxygen atoms in total. The number of imidazole rings is 1. The van der Waals surface area contributed by atoms with Gasteiger partial charge in [0.05, 0.1) is 22.3 Å². The van der Waals surface area contributed by atoms with Crippen molar-refractivity contribution in [3.05, 3.63) is 24.5 Å². The lowest BCUT2D eigenvalue weighted by atomic mass is 9.99. The van der Waals surface area contributed by atoms with Crippen LogP contribution in [0.3, 0.4) is 0 Å². The first kappa shape index (κ1) is 20.3. The zero-order valence-corrected chi connectivity index (χ0v) is 17.9. The molecule has 1 amide bonds. The van der Waals surface area contributed by atoms with Crippen LogP contribution < -0.4 is 0 Å². The minimum Gasteiger partial charge on any atom is -0.343 e. The molecule has 29 heavy (non-hydrogen) atoms. The lowest BCUT2D eigenvalue weighted by molar-refractivity contribution is -0.132. The van der Waals surface area contributed by atoms with Crippen LogP contribution in [0, 0.1) is 5.92 Å². The molecule has 4 rings (SSSR count). The first-order valence-electron chi connectivity index (χ1n) is 10.7. The number of hydrogen-bond acceptors (Lipinski definition) is 4. The highest BCUT2D eigenvalue weighted by atomic mass is 32.2. The Bertz CT molecular complexity index is 971. The zero-order chi connectivity index (χ0) is 20.4. The van der Waals surface area contributed by atoms with Crippen molar-refractivity contribution in [1.82, 2.24) is 18.8 Å². The second-order valence-electron chi connectivity index (χ2n) is 8.37. The molecule has 1 aromatic carbocycles. The molecule has 0 unspecified atom stereocenters. The lowest BCUT2D eigenvalue weighted by Gasteiger charge is -2.30. The van der Waals surface area contributed by atoms with Crippen LogP contribution in [0.25, 0.3) is 11.0 Å². The van der Waals surface area contributed by atoms with Crippen LogP contribution in [-0.4, -0.2) is 59.3 Å². The molecule has 0 spiro atoms. The van der Waals surface area contributed by atoms with Crippen molar-refractivity contribution in [3.63, 3.8) is 0 Å². The van der Waals surface area contributed by atoms with Crippen LogP contribution in [0.5, 0.6) is 0 Å². The highest BCUT2D eigenvalue weighted by Crippen LogP contribution is 2.24. The van der Waals surface area contributed by atoms with E-state index in [9.17, 15) is 13.2 Å². The Kier molecular flexibility index (Phi) is 5.92. The molecule has 0 radical (unpaired) electrons. The van der Waals surface area contributed by atoms with Gasteiger partial charge in [-0.15, -0.1) is 0 Å². The third-order valence-corrected chi connectivity index (χ3v) is 8.14. The van der Waals surface area contributed by atoms with Gasteiger partial charge in [-0.3, -0.25) is 4.79 Å². The third-order valence-electron chi connectivity index (χ3n) is 6.25. The summed E-state index contributed by atoms with van der Waals surface area (Å²) >= 11 is 0. The minimum atomic E-state index is -3.47. The number of amides is 1. The third kappa shape index (κ3) is 4.33. The monoisotopic (exact) mass is 418 g/mol. The number of benzene rings is 1. The van der Waals surface area contributed by atoms with E-state index in [4.69, 9.17) is 0 Å². The summed E-state index contributed by atoms with van der Waals surface area (Å²) in [4.78, 5) is 19.2. The van der Waals surface area contributed by atoms with E-state index in [1.165, 1.54) is 0 Å². The quantitative estimate of drug-likeness (QED) is 0.748. The molecule has 8 heteroatoms. The van der Waals surface area contributed by atoms with E-state index < -0.39 is 10.0 Å². The Morgan fingerprint density at radius 1 is 1.10 bits per heavy atom. The normalized spacial score (nSPS) is 19.7. The van der Waals surface area contributed by atoms with Crippen molar-refractivity contribution < 1.29 is 13.2 Å². The molecule has 0 aliphatic carbocycles. The lowest BCUT2D eigenvalue weighted by Crippen LogP contribution is -2.38. The molecule has 0 N–H and O–H groups in total. The predicted octanol–water partition coefficient (Wildman–Crippen LogP) is 2.86. The Morgan fingerprint density at radius 2 is 1.83 bits per heavy atom. The van der Waals surface area contributed by atoms with E-state index in [1.807, 2.05) is 15.5 Å². The number of aryl methyl sites for hydroxylation is 1. The van der Waals surface area contributed by atoms with Crippen LogP contribution in [0.15, 0.2) is 29.4 Å². The number of likely N-dealkylation sites (tertiary alicyclic amines) is 1. The largest absolute Gasteiger partial charge is 0.343 e. The van der Waals surface area contributed by atoms with Gasteiger partial charge in [0.15, 0.2) is 0 Å². The topological polar surface area (TPSA) is 75.5 Å². The van der Waals surface area contributed by atoms with Crippen LogP contribution in [-0.2, 0) is 21.4 Å². The molecule has 0 bridgehead atoms. The fraction of sp³-hybridized carbons (Fsp3) is 0.619. The maximum absolute atomic E-state index is 12.9. The van der Waals surface area contributed by atoms with Gasteiger partial charge in [0.1, 0.15) is 0 Å². The number of hydrogen-bond donors (Lipinski definition) is 0. The average molecular weight is 419 g/mol. The smallest absolute Gasteiger partial charge is 0.243 e. The molecular formula is C21H30N4O3S. The highest BCUT2D eigenvalue weighted by molar-refractivity contribution is 7.89. The number of fused-ring (bicyclic) bond motifs is 1. The summed E-state index contributed by atoms with van der Waals surface area (Å²) in [6.45, 7) is 5.67. The van der Waals surface area contributed by atoms with Crippen molar-refractivity contribution in [1.29, 1.82) is 0 Å². The van der Waals surface area contributed by atoms with E-state index in [0.29, 0.717) is 42.4 Å². The number of piperidine rings is 2. The van der Waals surface area contributed by atoms with E-state index in [2.05, 4.69) is 11.9 Å². The Balaban J connectivity index is 1.45. The van der Waals surface area contributed by atoms with Gasteiger partial charge in [-0.2, -0.15) is 4.31 Å². The second-order valence-corrected chi connectivity index (χ2v) is 10.3. The first-order chi connectivity index (χ1) is 13.9. The van der Waals surface area contributed by atoms with Gasteiger partial charge in [-0.25, -0.2) is 13.4 Å². The van der Waals surface area contributed by atoms with Gasteiger partial charge >= 0.3 is 0 Å². The summed E-state index contributed by atoms with van der Waals surface area (Å²) in [5.41, 5.74) is 1.52. The molecule has 0 saturated carbocycles. The molecule has 158 valence electrons. The van der Waals surface area contributed by atoms with E-state index in [0.717, 1.165) is 50.7 Å².